The summed E-state index contributed by atoms with van der Waals surface area (Å²) in [7, 11) is 1.54. The van der Waals surface area contributed by atoms with Crippen LogP contribution in [-0.2, 0) is 0 Å². The summed E-state index contributed by atoms with van der Waals surface area (Å²) in [5.74, 6) is 0.729. The van der Waals surface area contributed by atoms with Crippen molar-refractivity contribution in [1.29, 1.82) is 0 Å². The number of guanidine groups is 1. The first kappa shape index (κ1) is 25.5. The van der Waals surface area contributed by atoms with Crippen molar-refractivity contribution in [1.82, 2.24) is 15.5 Å². The first-order chi connectivity index (χ1) is 10.7. The van der Waals surface area contributed by atoms with Gasteiger partial charge in [0.05, 0.1) is 6.42 Å². The summed E-state index contributed by atoms with van der Waals surface area (Å²) in [4.78, 5) is 6.17. The lowest BCUT2D eigenvalue weighted by atomic mass is 10.0. The number of aliphatic imine (C=N–C) groups is 1. The lowest BCUT2D eigenvalue weighted by Gasteiger charge is -2.33. The van der Waals surface area contributed by atoms with Gasteiger partial charge in [0, 0.05) is 39.3 Å². The molecule has 0 rings (SSSR count). The van der Waals surface area contributed by atoms with Gasteiger partial charge in [-0.05, 0) is 5.92 Å². The molecule has 1 unspecified atom stereocenters. The van der Waals surface area contributed by atoms with Crippen LogP contribution >= 0.6 is 24.0 Å². The van der Waals surface area contributed by atoms with Crippen LogP contribution in [0.5, 0.6) is 0 Å². The topological polar surface area (TPSA) is 39.7 Å². The number of nitrogens with zero attached hydrogens (tertiary/aromatic N) is 2. The maximum Gasteiger partial charge on any atom is 0.390 e. The number of rotatable bonds is 10. The van der Waals surface area contributed by atoms with Gasteiger partial charge in [0.25, 0.3) is 0 Å². The number of nitrogens with one attached hydrogen (secondary N) is 2. The molecular formula is C16H30F3IN4. The van der Waals surface area contributed by atoms with Crippen LogP contribution in [0.2, 0.25) is 0 Å². The number of hydrogen-bond donors (Lipinski definition) is 2. The predicted molar refractivity (Wildman–Crippen MR) is 106 cm³/mol. The molecule has 8 heteroatoms. The van der Waals surface area contributed by atoms with Crippen molar-refractivity contribution in [3.05, 3.63) is 25.3 Å². The van der Waals surface area contributed by atoms with E-state index < -0.39 is 12.6 Å². The monoisotopic (exact) mass is 462 g/mol. The van der Waals surface area contributed by atoms with E-state index in [1.54, 1.807) is 7.05 Å². The van der Waals surface area contributed by atoms with Gasteiger partial charge >= 0.3 is 6.18 Å². The molecule has 0 amide bonds. The second-order valence-electron chi connectivity index (χ2n) is 5.59. The van der Waals surface area contributed by atoms with Gasteiger partial charge in [0.2, 0.25) is 0 Å². The van der Waals surface area contributed by atoms with Crippen molar-refractivity contribution < 1.29 is 13.2 Å². The third-order valence-electron chi connectivity index (χ3n) is 3.37. The molecule has 0 bridgehead atoms. The van der Waals surface area contributed by atoms with E-state index in [0.717, 1.165) is 13.1 Å². The van der Waals surface area contributed by atoms with Crippen molar-refractivity contribution in [3.63, 3.8) is 0 Å². The summed E-state index contributed by atoms with van der Waals surface area (Å²) >= 11 is 0. The van der Waals surface area contributed by atoms with E-state index in [4.69, 9.17) is 0 Å². The molecule has 0 saturated heterocycles. The number of hydrogen-bond acceptors (Lipinski definition) is 2. The predicted octanol–water partition coefficient (Wildman–Crippen LogP) is 3.42. The molecule has 0 aliphatic carbocycles. The van der Waals surface area contributed by atoms with E-state index in [2.05, 4.69) is 47.5 Å². The van der Waals surface area contributed by atoms with Gasteiger partial charge in [-0.3, -0.25) is 9.89 Å². The summed E-state index contributed by atoms with van der Waals surface area (Å²) in [6.07, 6.45) is -1.40. The fraction of sp³-hybridized carbons (Fsp3) is 0.688. The van der Waals surface area contributed by atoms with Crippen LogP contribution in [0.4, 0.5) is 13.2 Å². The van der Waals surface area contributed by atoms with E-state index >= 15 is 0 Å². The highest BCUT2D eigenvalue weighted by Gasteiger charge is 2.26. The third kappa shape index (κ3) is 11.7. The van der Waals surface area contributed by atoms with Crippen molar-refractivity contribution in [2.75, 3.05) is 33.2 Å². The van der Waals surface area contributed by atoms with Crippen LogP contribution < -0.4 is 10.6 Å². The van der Waals surface area contributed by atoms with Crippen LogP contribution in [0.25, 0.3) is 0 Å². The highest BCUT2D eigenvalue weighted by atomic mass is 127. The quantitative estimate of drug-likeness (QED) is 0.226. The zero-order chi connectivity index (χ0) is 17.9. The minimum atomic E-state index is -4.17. The molecule has 142 valence electrons. The molecule has 2 N–H and O–H groups in total. The Morgan fingerprint density at radius 3 is 2.08 bits per heavy atom. The molecule has 1 atom stereocenters. The number of alkyl halides is 3. The number of halogens is 4. The van der Waals surface area contributed by atoms with Crippen LogP contribution in [-0.4, -0.2) is 56.3 Å². The fourth-order valence-corrected chi connectivity index (χ4v) is 2.21. The van der Waals surface area contributed by atoms with Crippen LogP contribution in [0.15, 0.2) is 30.3 Å². The van der Waals surface area contributed by atoms with Crippen molar-refractivity contribution in [2.24, 2.45) is 10.9 Å². The van der Waals surface area contributed by atoms with Gasteiger partial charge in [-0.15, -0.1) is 37.1 Å². The van der Waals surface area contributed by atoms with E-state index in [9.17, 15) is 13.2 Å². The summed E-state index contributed by atoms with van der Waals surface area (Å²) in [6.45, 7) is 13.5. The summed E-state index contributed by atoms with van der Waals surface area (Å²) in [5.41, 5.74) is 0. The van der Waals surface area contributed by atoms with Crippen molar-refractivity contribution >= 4 is 29.9 Å². The van der Waals surface area contributed by atoms with Crippen molar-refractivity contribution in [2.45, 2.75) is 32.5 Å². The minimum absolute atomic E-state index is 0. The molecule has 24 heavy (non-hydrogen) atoms. The highest BCUT2D eigenvalue weighted by molar-refractivity contribution is 14.0. The molecule has 4 nitrogen and oxygen atoms in total. The lowest BCUT2D eigenvalue weighted by Crippen LogP contribution is -2.49. The largest absolute Gasteiger partial charge is 0.390 e. The van der Waals surface area contributed by atoms with Gasteiger partial charge in [-0.1, -0.05) is 26.0 Å². The Morgan fingerprint density at radius 2 is 1.71 bits per heavy atom. The molecular weight excluding hydrogens is 432 g/mol. The minimum Gasteiger partial charge on any atom is -0.356 e. The highest BCUT2D eigenvalue weighted by Crippen LogP contribution is 2.18. The van der Waals surface area contributed by atoms with Gasteiger partial charge in [0.1, 0.15) is 0 Å². The Labute approximate surface area is 160 Å². The lowest BCUT2D eigenvalue weighted by molar-refractivity contribution is -0.132. The molecule has 0 fully saturated rings. The molecule has 0 aromatic carbocycles. The molecule has 0 radical (unpaired) electrons. The summed E-state index contributed by atoms with van der Waals surface area (Å²) in [6, 6.07) is 0.187. The zero-order valence-corrected chi connectivity index (χ0v) is 17.0. The van der Waals surface area contributed by atoms with Gasteiger partial charge in [-0.2, -0.15) is 13.2 Å². The molecule has 0 aromatic heterocycles. The molecule has 0 aromatic rings. The van der Waals surface area contributed by atoms with Gasteiger partial charge in [-0.25, -0.2) is 0 Å². The van der Waals surface area contributed by atoms with Crippen LogP contribution in [0.1, 0.15) is 20.3 Å². The Balaban J connectivity index is 0. The fourth-order valence-electron chi connectivity index (χ4n) is 2.21. The zero-order valence-electron chi connectivity index (χ0n) is 14.7. The SMILES string of the molecule is C=CCN(CC=C)C(CNC(=NC)NCCC(F)(F)F)C(C)C.I. The second-order valence-corrected chi connectivity index (χ2v) is 5.59. The normalized spacial score (nSPS) is 13.4. The molecule has 0 saturated carbocycles. The smallest absolute Gasteiger partial charge is 0.356 e. The molecule has 0 aliphatic heterocycles. The van der Waals surface area contributed by atoms with Gasteiger partial charge < -0.3 is 10.6 Å². The summed E-state index contributed by atoms with van der Waals surface area (Å²) < 4.78 is 36.5. The second kappa shape index (κ2) is 13.5. The molecule has 0 heterocycles. The first-order valence-corrected chi connectivity index (χ1v) is 7.72. The average Bonchev–Trinajstić information content (AvgIpc) is 2.44. The summed E-state index contributed by atoms with van der Waals surface area (Å²) in [5, 5.41) is 5.78. The van der Waals surface area contributed by atoms with E-state index in [0.29, 0.717) is 18.4 Å². The standard InChI is InChI=1S/C16H29F3N4.HI/c1-6-10-23(11-7-2)14(13(3)4)12-22-15(20-5)21-9-8-16(17,18)19;/h6-7,13-14H,1-2,8-12H2,3-5H3,(H2,20,21,22);1H. The Morgan fingerprint density at radius 1 is 1.17 bits per heavy atom. The van der Waals surface area contributed by atoms with Crippen LogP contribution in [0.3, 0.4) is 0 Å². The Hall–Kier alpha value is -0.770. The Kier molecular flexibility index (Phi) is 14.3. The van der Waals surface area contributed by atoms with E-state index in [1.807, 2.05) is 12.2 Å². The average molecular weight is 462 g/mol. The van der Waals surface area contributed by atoms with E-state index in [1.165, 1.54) is 0 Å². The third-order valence-corrected chi connectivity index (χ3v) is 3.37. The van der Waals surface area contributed by atoms with E-state index in [-0.39, 0.29) is 36.6 Å². The van der Waals surface area contributed by atoms with Gasteiger partial charge in [0.15, 0.2) is 5.96 Å². The first-order valence-electron chi connectivity index (χ1n) is 7.72. The van der Waals surface area contributed by atoms with Crippen molar-refractivity contribution in [3.8, 4) is 0 Å². The maximum absolute atomic E-state index is 12.2. The van der Waals surface area contributed by atoms with Crippen LogP contribution in [0, 0.1) is 5.92 Å². The Bertz CT molecular complexity index is 374. The maximum atomic E-state index is 12.2. The molecule has 0 spiro atoms. The molecule has 0 aliphatic rings.